The van der Waals surface area contributed by atoms with Gasteiger partial charge in [0.1, 0.15) is 11.5 Å². The zero-order chi connectivity index (χ0) is 9.97. The summed E-state index contributed by atoms with van der Waals surface area (Å²) >= 11 is 0. The highest BCUT2D eigenvalue weighted by molar-refractivity contribution is 5.78. The molecule has 0 aromatic carbocycles. The molecular formula is C10H14N2O2. The van der Waals surface area contributed by atoms with E-state index < -0.39 is 0 Å². The molecule has 14 heavy (non-hydrogen) atoms. The molecule has 1 aliphatic heterocycles. The van der Waals surface area contributed by atoms with Gasteiger partial charge in [0.2, 0.25) is 5.91 Å². The summed E-state index contributed by atoms with van der Waals surface area (Å²) in [5, 5.41) is 3.03. The van der Waals surface area contributed by atoms with E-state index in [4.69, 9.17) is 4.42 Å². The topological polar surface area (TPSA) is 45.5 Å². The Morgan fingerprint density at radius 3 is 3.07 bits per heavy atom. The van der Waals surface area contributed by atoms with Crippen LogP contribution in [0.2, 0.25) is 0 Å². The number of hydrogen-bond acceptors (Lipinski definition) is 3. The molecule has 1 amide bonds. The Hall–Kier alpha value is -1.29. The molecule has 1 saturated heterocycles. The van der Waals surface area contributed by atoms with Gasteiger partial charge in [-0.25, -0.2) is 0 Å². The number of carbonyl (C=O) groups excluding carboxylic acids is 1. The Balaban J connectivity index is 1.99. The zero-order valence-electron chi connectivity index (χ0n) is 8.25. The fourth-order valence-corrected chi connectivity index (χ4v) is 1.57. The average Bonchev–Trinajstić information content (AvgIpc) is 2.56. The van der Waals surface area contributed by atoms with E-state index in [-0.39, 0.29) is 5.91 Å². The van der Waals surface area contributed by atoms with Gasteiger partial charge in [-0.2, -0.15) is 0 Å². The molecule has 2 rings (SSSR count). The van der Waals surface area contributed by atoms with Crippen molar-refractivity contribution in [2.24, 2.45) is 0 Å². The molecule has 0 aliphatic carbocycles. The third-order valence-corrected chi connectivity index (χ3v) is 2.33. The van der Waals surface area contributed by atoms with Crippen molar-refractivity contribution in [2.75, 3.05) is 19.6 Å². The maximum atomic E-state index is 11.4. The van der Waals surface area contributed by atoms with Crippen LogP contribution in [-0.2, 0) is 11.3 Å². The van der Waals surface area contributed by atoms with Crippen LogP contribution in [0.1, 0.15) is 11.5 Å². The second-order valence-corrected chi connectivity index (χ2v) is 3.50. The monoisotopic (exact) mass is 194 g/mol. The molecule has 0 radical (unpaired) electrons. The van der Waals surface area contributed by atoms with E-state index >= 15 is 0 Å². The maximum Gasteiger partial charge on any atom is 0.236 e. The number of piperazine rings is 1. The molecule has 1 N–H and O–H groups in total. The molecule has 0 atom stereocenters. The van der Waals surface area contributed by atoms with E-state index in [0.717, 1.165) is 24.6 Å². The van der Waals surface area contributed by atoms with Crippen molar-refractivity contribution >= 4 is 5.91 Å². The second-order valence-electron chi connectivity index (χ2n) is 3.50. The SMILES string of the molecule is Cc1ccc(CN2CCNCC2=O)o1. The highest BCUT2D eigenvalue weighted by Crippen LogP contribution is 2.10. The minimum atomic E-state index is 0.144. The summed E-state index contributed by atoms with van der Waals surface area (Å²) in [6.07, 6.45) is 0. The van der Waals surface area contributed by atoms with Crippen LogP contribution in [0.5, 0.6) is 0 Å². The van der Waals surface area contributed by atoms with Gasteiger partial charge in [0.15, 0.2) is 0 Å². The second kappa shape index (κ2) is 3.84. The van der Waals surface area contributed by atoms with E-state index in [1.807, 2.05) is 24.0 Å². The number of hydrogen-bond donors (Lipinski definition) is 1. The fourth-order valence-electron chi connectivity index (χ4n) is 1.57. The van der Waals surface area contributed by atoms with Gasteiger partial charge >= 0.3 is 0 Å². The molecule has 4 nitrogen and oxygen atoms in total. The molecule has 0 bridgehead atoms. The van der Waals surface area contributed by atoms with Crippen LogP contribution >= 0.6 is 0 Å². The lowest BCUT2D eigenvalue weighted by molar-refractivity contribution is -0.132. The lowest BCUT2D eigenvalue weighted by Gasteiger charge is -2.26. The first-order valence-corrected chi connectivity index (χ1v) is 4.79. The summed E-state index contributed by atoms with van der Waals surface area (Å²) in [4.78, 5) is 13.2. The number of carbonyl (C=O) groups is 1. The summed E-state index contributed by atoms with van der Waals surface area (Å²) in [5.74, 6) is 1.89. The van der Waals surface area contributed by atoms with Crippen molar-refractivity contribution in [2.45, 2.75) is 13.5 Å². The number of aryl methyl sites for hydroxylation is 1. The average molecular weight is 194 g/mol. The van der Waals surface area contributed by atoms with Crippen LogP contribution in [0, 0.1) is 6.92 Å². The zero-order valence-corrected chi connectivity index (χ0v) is 8.25. The summed E-state index contributed by atoms with van der Waals surface area (Å²) in [5.41, 5.74) is 0. The van der Waals surface area contributed by atoms with Crippen LogP contribution in [0.15, 0.2) is 16.5 Å². The van der Waals surface area contributed by atoms with Crippen molar-refractivity contribution in [1.29, 1.82) is 0 Å². The lowest BCUT2D eigenvalue weighted by atomic mass is 10.3. The van der Waals surface area contributed by atoms with Gasteiger partial charge in [-0.3, -0.25) is 4.79 Å². The molecule has 1 aromatic rings. The summed E-state index contributed by atoms with van der Waals surface area (Å²) in [7, 11) is 0. The van der Waals surface area contributed by atoms with Crippen LogP contribution in [-0.4, -0.2) is 30.4 Å². The summed E-state index contributed by atoms with van der Waals surface area (Å²) in [6, 6.07) is 3.84. The molecule has 0 unspecified atom stereocenters. The van der Waals surface area contributed by atoms with Gasteiger partial charge in [0.25, 0.3) is 0 Å². The van der Waals surface area contributed by atoms with Gasteiger partial charge < -0.3 is 14.6 Å². The highest BCUT2D eigenvalue weighted by atomic mass is 16.3. The maximum absolute atomic E-state index is 11.4. The number of furan rings is 1. The molecule has 0 saturated carbocycles. The minimum Gasteiger partial charge on any atom is -0.464 e. The van der Waals surface area contributed by atoms with Crippen LogP contribution < -0.4 is 5.32 Å². The first-order valence-electron chi connectivity index (χ1n) is 4.79. The standard InChI is InChI=1S/C10H14N2O2/c1-8-2-3-9(14-8)7-12-5-4-11-6-10(12)13/h2-3,11H,4-7H2,1H3. The van der Waals surface area contributed by atoms with Crippen LogP contribution in [0.3, 0.4) is 0 Å². The fraction of sp³-hybridized carbons (Fsp3) is 0.500. The molecular weight excluding hydrogens is 180 g/mol. The first kappa shape index (κ1) is 9.27. The smallest absolute Gasteiger partial charge is 0.236 e. The predicted molar refractivity (Wildman–Crippen MR) is 51.7 cm³/mol. The number of rotatable bonds is 2. The Kier molecular flexibility index (Phi) is 2.54. The summed E-state index contributed by atoms with van der Waals surface area (Å²) < 4.78 is 5.42. The van der Waals surface area contributed by atoms with Crippen molar-refractivity contribution < 1.29 is 9.21 Å². The molecule has 1 aromatic heterocycles. The minimum absolute atomic E-state index is 0.144. The Bertz CT molecular complexity index is 333. The van der Waals surface area contributed by atoms with Gasteiger partial charge in [0.05, 0.1) is 13.1 Å². The molecule has 2 heterocycles. The third kappa shape index (κ3) is 1.96. The highest BCUT2D eigenvalue weighted by Gasteiger charge is 2.18. The largest absolute Gasteiger partial charge is 0.464 e. The third-order valence-electron chi connectivity index (χ3n) is 2.33. The van der Waals surface area contributed by atoms with Crippen LogP contribution in [0.4, 0.5) is 0 Å². The van der Waals surface area contributed by atoms with Crippen molar-refractivity contribution in [3.05, 3.63) is 23.7 Å². The Morgan fingerprint density at radius 1 is 1.57 bits per heavy atom. The first-order chi connectivity index (χ1) is 6.75. The van der Waals surface area contributed by atoms with E-state index in [9.17, 15) is 4.79 Å². The van der Waals surface area contributed by atoms with E-state index in [1.54, 1.807) is 0 Å². The molecule has 0 spiro atoms. The van der Waals surface area contributed by atoms with Gasteiger partial charge in [0, 0.05) is 13.1 Å². The van der Waals surface area contributed by atoms with Crippen molar-refractivity contribution in [3.63, 3.8) is 0 Å². The van der Waals surface area contributed by atoms with Crippen molar-refractivity contribution in [1.82, 2.24) is 10.2 Å². The van der Waals surface area contributed by atoms with Gasteiger partial charge in [-0.05, 0) is 19.1 Å². The van der Waals surface area contributed by atoms with Gasteiger partial charge in [-0.1, -0.05) is 0 Å². The molecule has 1 aliphatic rings. The quantitative estimate of drug-likeness (QED) is 0.746. The summed E-state index contributed by atoms with van der Waals surface area (Å²) in [6.45, 7) is 4.57. The molecule has 76 valence electrons. The Morgan fingerprint density at radius 2 is 2.43 bits per heavy atom. The van der Waals surface area contributed by atoms with Gasteiger partial charge in [-0.15, -0.1) is 0 Å². The van der Waals surface area contributed by atoms with Crippen molar-refractivity contribution in [3.8, 4) is 0 Å². The number of nitrogens with zero attached hydrogens (tertiary/aromatic N) is 1. The normalized spacial score (nSPS) is 17.5. The van der Waals surface area contributed by atoms with E-state index in [2.05, 4.69) is 5.32 Å². The number of nitrogens with one attached hydrogen (secondary N) is 1. The molecule has 1 fully saturated rings. The molecule has 4 heteroatoms. The number of amides is 1. The Labute approximate surface area is 82.9 Å². The van der Waals surface area contributed by atoms with Crippen LogP contribution in [0.25, 0.3) is 0 Å². The van der Waals surface area contributed by atoms with E-state index in [0.29, 0.717) is 13.1 Å². The predicted octanol–water partition coefficient (Wildman–Crippen LogP) is 0.520. The van der Waals surface area contributed by atoms with E-state index in [1.165, 1.54) is 0 Å². The lowest BCUT2D eigenvalue weighted by Crippen LogP contribution is -2.47.